The van der Waals surface area contributed by atoms with Crippen molar-refractivity contribution in [1.82, 2.24) is 0 Å². The summed E-state index contributed by atoms with van der Waals surface area (Å²) in [5.41, 5.74) is -3.71. The maximum Gasteiger partial charge on any atom is 0.397 e. The minimum absolute atomic E-state index is 0.00233. The summed E-state index contributed by atoms with van der Waals surface area (Å²) < 4.78 is 156. The molecule has 11 aliphatic heterocycles. The highest BCUT2D eigenvalue weighted by Crippen LogP contribution is 2.54. The molecule has 1 aromatic rings. The highest BCUT2D eigenvalue weighted by molar-refractivity contribution is 7.81. The predicted molar refractivity (Wildman–Crippen MR) is 270 cm³/mol. The molecule has 0 saturated carbocycles. The maximum atomic E-state index is 12.3. The largest absolute Gasteiger partial charge is 0.472 e. The second-order valence-electron chi connectivity index (χ2n) is 25.4. The van der Waals surface area contributed by atoms with Gasteiger partial charge >= 0.3 is 20.8 Å². The van der Waals surface area contributed by atoms with Crippen molar-refractivity contribution in [2.24, 2.45) is 5.92 Å². The van der Waals surface area contributed by atoms with Gasteiger partial charge in [-0.3, -0.25) is 9.11 Å². The van der Waals surface area contributed by atoms with Gasteiger partial charge in [0.15, 0.2) is 0 Å². The molecule has 11 aliphatic rings. The molecule has 4 N–H and O–H groups in total. The van der Waals surface area contributed by atoms with E-state index in [1.807, 2.05) is 6.92 Å². The Labute approximate surface area is 456 Å². The lowest BCUT2D eigenvalue weighted by atomic mass is 9.73. The Morgan fingerprint density at radius 2 is 1.28 bits per heavy atom. The van der Waals surface area contributed by atoms with Crippen LogP contribution < -0.4 is 0 Å². The van der Waals surface area contributed by atoms with Crippen molar-refractivity contribution in [3.63, 3.8) is 0 Å². The van der Waals surface area contributed by atoms with Gasteiger partial charge in [0.25, 0.3) is 0 Å². The number of hydrogen-bond acceptors (Lipinski definition) is 20. The molecule has 26 atom stereocenters. The summed E-state index contributed by atoms with van der Waals surface area (Å²) in [5, 5.41) is 24.0. The summed E-state index contributed by atoms with van der Waals surface area (Å²) in [5.74, 6) is 0.0661. The molecule has 12 rings (SSSR count). The number of hydrogen-bond donors (Lipinski definition) is 4. The Balaban J connectivity index is 0.707. The molecule has 0 amide bonds. The molecule has 11 fully saturated rings. The Morgan fingerprint density at radius 3 is 1.95 bits per heavy atom. The van der Waals surface area contributed by atoms with Crippen molar-refractivity contribution in [3.8, 4) is 0 Å². The van der Waals surface area contributed by atoms with E-state index in [2.05, 4.69) is 31.5 Å². The second kappa shape index (κ2) is 20.4. The van der Waals surface area contributed by atoms with Crippen molar-refractivity contribution in [2.75, 3.05) is 6.61 Å². The molecule has 22 nitrogen and oxygen atoms in total. The van der Waals surface area contributed by atoms with Crippen LogP contribution in [-0.2, 0) is 81.3 Å². The molecule has 0 radical (unpaired) electrons. The number of aliphatic hydroxyl groups is 2. The van der Waals surface area contributed by atoms with Crippen molar-refractivity contribution < 1.29 is 101 Å². The Morgan fingerprint density at radius 1 is 0.692 bits per heavy atom. The number of fused-ring (bicyclic) bond motifs is 10. The Bertz CT molecular complexity index is 2640. The first-order valence-electron chi connectivity index (χ1n) is 28.0. The third-order valence-electron chi connectivity index (χ3n) is 19.7. The minimum atomic E-state index is -4.95. The normalized spacial score (nSPS) is 51.1. The molecule has 0 bridgehead atoms. The van der Waals surface area contributed by atoms with Gasteiger partial charge in [-0.25, -0.2) is 8.37 Å². The van der Waals surface area contributed by atoms with Gasteiger partial charge in [-0.05, 0) is 90.4 Å². The molecule has 0 unspecified atom stereocenters. The monoisotopic (exact) mass is 1140 g/mol. The summed E-state index contributed by atoms with van der Waals surface area (Å²) in [6.07, 6.45) is 2.55. The van der Waals surface area contributed by atoms with Gasteiger partial charge in [-0.15, -0.1) is 0 Å². The van der Waals surface area contributed by atoms with E-state index in [4.69, 9.17) is 65.3 Å². The van der Waals surface area contributed by atoms with Crippen LogP contribution in [0.4, 0.5) is 0 Å². The third kappa shape index (κ3) is 10.7. The van der Waals surface area contributed by atoms with Crippen LogP contribution >= 0.6 is 0 Å². The molecule has 1 aromatic heterocycles. The first-order valence-corrected chi connectivity index (χ1v) is 30.8. The van der Waals surface area contributed by atoms with Crippen LogP contribution in [0.15, 0.2) is 41.2 Å². The van der Waals surface area contributed by atoms with Crippen LogP contribution in [0.5, 0.6) is 0 Å². The van der Waals surface area contributed by atoms with Crippen LogP contribution in [0.3, 0.4) is 0 Å². The summed E-state index contributed by atoms with van der Waals surface area (Å²) >= 11 is 0. The highest BCUT2D eigenvalue weighted by atomic mass is 32.3. The van der Waals surface area contributed by atoms with Crippen LogP contribution in [0.1, 0.15) is 131 Å². The van der Waals surface area contributed by atoms with Crippen LogP contribution in [0, 0.1) is 5.92 Å². The number of aliphatic hydroxyl groups excluding tert-OH is 1. The molecule has 0 spiro atoms. The van der Waals surface area contributed by atoms with Gasteiger partial charge in [0.2, 0.25) is 0 Å². The van der Waals surface area contributed by atoms with Crippen molar-refractivity contribution in [2.45, 2.75) is 275 Å². The fourth-order valence-corrected chi connectivity index (χ4v) is 16.3. The predicted octanol–water partition coefficient (Wildman–Crippen LogP) is 4.68. The molecule has 0 aromatic carbocycles. The van der Waals surface area contributed by atoms with E-state index >= 15 is 0 Å². The van der Waals surface area contributed by atoms with E-state index in [1.165, 1.54) is 6.92 Å². The van der Waals surface area contributed by atoms with Gasteiger partial charge in [0, 0.05) is 56.9 Å². The molecule has 78 heavy (non-hydrogen) atoms. The molecule has 11 saturated heterocycles. The lowest BCUT2D eigenvalue weighted by molar-refractivity contribution is -0.369. The second-order valence-corrected chi connectivity index (χ2v) is 27.6. The van der Waals surface area contributed by atoms with E-state index in [9.17, 15) is 31.6 Å². The summed E-state index contributed by atoms with van der Waals surface area (Å²) in [7, 11) is -9.74. The average molecular weight is 1140 g/mol. The number of furan rings is 1. The maximum absolute atomic E-state index is 12.3. The van der Waals surface area contributed by atoms with Crippen molar-refractivity contribution in [1.29, 1.82) is 0 Å². The van der Waals surface area contributed by atoms with E-state index < -0.39 is 129 Å². The molecule has 12 heterocycles. The number of rotatable bonds is 9. The molecular weight excluding hydrogens is 1060 g/mol. The molecule has 0 aliphatic carbocycles. The topological polar surface area (TPSA) is 282 Å². The summed E-state index contributed by atoms with van der Waals surface area (Å²) in [4.78, 5) is 0. The van der Waals surface area contributed by atoms with E-state index in [0.717, 1.165) is 18.4 Å². The summed E-state index contributed by atoms with van der Waals surface area (Å²) in [6.45, 7) is 15.4. The van der Waals surface area contributed by atoms with Gasteiger partial charge < -0.3 is 66.7 Å². The van der Waals surface area contributed by atoms with Gasteiger partial charge in [-0.1, -0.05) is 19.6 Å². The lowest BCUT2D eigenvalue weighted by Gasteiger charge is -2.61. The standard InChI is InChI=1S/C54H78O22S2/c1-27-8-13-52(5)43(69-40-22-41-47(72-46(27)40)48(55)54(7)45(70-41)24-37-38(74-54)18-28(2)49(71-37)50(3,56)12-9-29-11-16-63-26-29)25-42-53(6,76-52)14-10-30-31(68-42)19-33-32(65-30)20-34-35(66-33)21-39-36(67-34)23-44(75-78(60,61)62)51(4,73-39)15-17-64-77(57,58)59/h9,11-12,16,26-27,30-49,55-56H,2,8,10,13-15,17-25H2,1,3-7H3,(H,57,58,59)(H,60,61,62)/b12-9+/t27-,30-,31+,32+,33-,34-,35+,36+,37+,38-,39-,40-,41+,42-,43+,44-,45-,46+,47+,48+,49-,50+,51+,52-,53+,54-/m0/s1. The smallest absolute Gasteiger partial charge is 0.397 e. The lowest BCUT2D eigenvalue weighted by Crippen LogP contribution is -2.74. The van der Waals surface area contributed by atoms with Crippen LogP contribution in [0.2, 0.25) is 0 Å². The van der Waals surface area contributed by atoms with Gasteiger partial charge in [0.1, 0.15) is 35.6 Å². The zero-order chi connectivity index (χ0) is 55.1. The minimum Gasteiger partial charge on any atom is -0.472 e. The first kappa shape index (κ1) is 56.5. The third-order valence-corrected chi connectivity index (χ3v) is 20.7. The van der Waals surface area contributed by atoms with Crippen LogP contribution in [0.25, 0.3) is 6.08 Å². The SMILES string of the molecule is C=C1C[C@@H]2O[C@@]3(C)[C@H](C[C@H]2O[C@@H]1[C@](C)(O)/C=C/c1ccoc1)O[C@@H]1C[C@@H]2O[C@@H]4C[C@@H]5O[C@@H]6C[C@@H]7O[C@@H]8C[C@@H]9O[C@](C)(CCOS(=O)(=O)O)[C@@H](OS(=O)(=O)O)C[C@H]9O[C@H]8C[C@H]7O[C@H]6CC[C@@]5(C)O[C@@]4(C)CC[C@H](C)[C@H]2O[C@H]1[C@H]3O. The van der Waals surface area contributed by atoms with Crippen molar-refractivity contribution in [3.05, 3.63) is 42.4 Å². The Kier molecular flexibility index (Phi) is 14.7. The highest BCUT2D eigenvalue weighted by Gasteiger charge is 2.65. The van der Waals surface area contributed by atoms with Crippen molar-refractivity contribution >= 4 is 26.9 Å². The molecular formula is C54H78O22S2. The van der Waals surface area contributed by atoms with E-state index in [-0.39, 0.29) is 67.6 Å². The first-order chi connectivity index (χ1) is 36.7. The fraction of sp³-hybridized carbons (Fsp3) is 0.852. The van der Waals surface area contributed by atoms with Gasteiger partial charge in [0.05, 0.1) is 134 Å². The zero-order valence-electron chi connectivity index (χ0n) is 45.1. The molecule has 24 heteroatoms. The van der Waals surface area contributed by atoms with Gasteiger partial charge in [-0.2, -0.15) is 16.8 Å². The molecule has 438 valence electrons. The van der Waals surface area contributed by atoms with Crippen LogP contribution in [-0.4, -0.2) is 193 Å². The van der Waals surface area contributed by atoms with E-state index in [0.29, 0.717) is 63.4 Å². The summed E-state index contributed by atoms with van der Waals surface area (Å²) in [6, 6.07) is 1.81. The zero-order valence-corrected chi connectivity index (χ0v) is 46.7. The quantitative estimate of drug-likeness (QED) is 0.193. The number of ether oxygens (including phenoxy) is 11. The fourth-order valence-electron chi connectivity index (χ4n) is 15.4. The van der Waals surface area contributed by atoms with E-state index in [1.54, 1.807) is 37.7 Å². The average Bonchev–Trinajstić information content (AvgIpc) is 3.99. The Hall–Kier alpha value is -2.02.